The molecule has 3 heterocycles. The minimum Gasteiger partial charge on any atom is -0.486 e. The molecule has 1 aliphatic rings. The molecule has 3 aromatic rings. The van der Waals surface area contributed by atoms with E-state index >= 15 is 0 Å². The van der Waals surface area contributed by atoms with Crippen molar-refractivity contribution in [2.45, 2.75) is 6.92 Å². The van der Waals surface area contributed by atoms with E-state index in [4.69, 9.17) is 9.47 Å². The number of aryl methyl sites for hydroxylation is 1. The normalized spacial score (nSPS) is 13.7. The van der Waals surface area contributed by atoms with Crippen LogP contribution in [-0.4, -0.2) is 27.7 Å². The van der Waals surface area contributed by atoms with E-state index in [-0.39, 0.29) is 0 Å². The number of hydrogen-bond acceptors (Lipinski definition) is 4. The van der Waals surface area contributed by atoms with Crippen molar-refractivity contribution in [3.05, 3.63) is 42.6 Å². The van der Waals surface area contributed by atoms with Gasteiger partial charge in [-0.3, -0.25) is 4.57 Å². The fourth-order valence-corrected chi connectivity index (χ4v) is 2.49. The molecule has 5 nitrogen and oxygen atoms in total. The molecule has 20 heavy (non-hydrogen) atoms. The molecule has 0 unspecified atom stereocenters. The van der Waals surface area contributed by atoms with E-state index in [1.165, 1.54) is 0 Å². The van der Waals surface area contributed by atoms with Crippen molar-refractivity contribution in [1.29, 1.82) is 0 Å². The van der Waals surface area contributed by atoms with E-state index in [0.717, 1.165) is 33.9 Å². The standard InChI is InChI=1S/C15H13N3O2/c1-10-16-4-5-18(10)15-12-9-14-13(19-6-7-20-14)8-11(12)2-3-17-15/h2-5,8-9H,6-7H2,1H3. The Morgan fingerprint density at radius 3 is 2.60 bits per heavy atom. The van der Waals surface area contributed by atoms with Crippen LogP contribution in [0.1, 0.15) is 5.82 Å². The molecule has 4 rings (SSSR count). The monoisotopic (exact) mass is 267 g/mol. The lowest BCUT2D eigenvalue weighted by molar-refractivity contribution is 0.172. The zero-order valence-electron chi connectivity index (χ0n) is 11.0. The van der Waals surface area contributed by atoms with Gasteiger partial charge in [-0.1, -0.05) is 0 Å². The Labute approximate surface area is 115 Å². The molecule has 0 N–H and O–H groups in total. The number of hydrogen-bond donors (Lipinski definition) is 0. The SMILES string of the molecule is Cc1nccn1-c1nccc2cc3c(cc12)OCCO3. The highest BCUT2D eigenvalue weighted by atomic mass is 16.6. The van der Waals surface area contributed by atoms with Crippen molar-refractivity contribution in [3.63, 3.8) is 0 Å². The predicted octanol–water partition coefficient (Wildman–Crippen LogP) is 2.50. The Hall–Kier alpha value is -2.56. The predicted molar refractivity (Wildman–Crippen MR) is 74.6 cm³/mol. The molecule has 100 valence electrons. The lowest BCUT2D eigenvalue weighted by Crippen LogP contribution is -2.15. The van der Waals surface area contributed by atoms with Gasteiger partial charge in [0.05, 0.1) is 0 Å². The Kier molecular flexibility index (Phi) is 2.39. The maximum absolute atomic E-state index is 5.66. The first kappa shape index (κ1) is 11.3. The first-order valence-corrected chi connectivity index (χ1v) is 6.51. The molecule has 1 aliphatic heterocycles. The fourth-order valence-electron chi connectivity index (χ4n) is 2.49. The molecule has 0 fully saturated rings. The number of aromatic nitrogens is 3. The van der Waals surface area contributed by atoms with Crippen molar-refractivity contribution in [3.8, 4) is 17.3 Å². The number of pyridine rings is 1. The molecule has 0 saturated heterocycles. The zero-order chi connectivity index (χ0) is 13.5. The molecular formula is C15H13N3O2. The smallest absolute Gasteiger partial charge is 0.162 e. The van der Waals surface area contributed by atoms with Crippen LogP contribution < -0.4 is 9.47 Å². The van der Waals surface area contributed by atoms with Crippen LogP contribution in [0.3, 0.4) is 0 Å². The molecule has 0 spiro atoms. The van der Waals surface area contributed by atoms with Gasteiger partial charge in [-0.05, 0) is 30.5 Å². The molecule has 5 heteroatoms. The van der Waals surface area contributed by atoms with Crippen LogP contribution in [0.5, 0.6) is 11.5 Å². The highest BCUT2D eigenvalue weighted by Crippen LogP contribution is 2.36. The van der Waals surface area contributed by atoms with Crippen molar-refractivity contribution in [2.24, 2.45) is 0 Å². The van der Waals surface area contributed by atoms with Crippen LogP contribution >= 0.6 is 0 Å². The summed E-state index contributed by atoms with van der Waals surface area (Å²) in [7, 11) is 0. The van der Waals surface area contributed by atoms with E-state index in [9.17, 15) is 0 Å². The average Bonchev–Trinajstić information content (AvgIpc) is 2.90. The van der Waals surface area contributed by atoms with Gasteiger partial charge in [0, 0.05) is 24.0 Å². The van der Waals surface area contributed by atoms with Crippen molar-refractivity contribution in [1.82, 2.24) is 14.5 Å². The van der Waals surface area contributed by atoms with Crippen LogP contribution in [0.2, 0.25) is 0 Å². The second-order valence-corrected chi connectivity index (χ2v) is 4.70. The van der Waals surface area contributed by atoms with Crippen LogP contribution in [0, 0.1) is 6.92 Å². The molecule has 0 amide bonds. The van der Waals surface area contributed by atoms with Gasteiger partial charge in [-0.25, -0.2) is 9.97 Å². The van der Waals surface area contributed by atoms with E-state index in [1.54, 1.807) is 12.4 Å². The third kappa shape index (κ3) is 1.63. The molecular weight excluding hydrogens is 254 g/mol. The summed E-state index contributed by atoms with van der Waals surface area (Å²) in [6, 6.07) is 5.97. The van der Waals surface area contributed by atoms with Gasteiger partial charge < -0.3 is 9.47 Å². The second kappa shape index (κ2) is 4.23. The van der Waals surface area contributed by atoms with Gasteiger partial charge in [0.1, 0.15) is 24.9 Å². The van der Waals surface area contributed by atoms with Gasteiger partial charge in [-0.2, -0.15) is 0 Å². The molecule has 2 aromatic heterocycles. The summed E-state index contributed by atoms with van der Waals surface area (Å²) in [4.78, 5) is 8.74. The van der Waals surface area contributed by atoms with Crippen LogP contribution in [0.15, 0.2) is 36.8 Å². The molecule has 0 radical (unpaired) electrons. The Morgan fingerprint density at radius 1 is 1.05 bits per heavy atom. The summed E-state index contributed by atoms with van der Waals surface area (Å²) in [6.45, 7) is 3.13. The maximum atomic E-state index is 5.66. The van der Waals surface area contributed by atoms with E-state index in [0.29, 0.717) is 13.2 Å². The number of benzene rings is 1. The lowest BCUT2D eigenvalue weighted by Gasteiger charge is -2.19. The number of rotatable bonds is 1. The maximum Gasteiger partial charge on any atom is 0.162 e. The quantitative estimate of drug-likeness (QED) is 0.679. The molecule has 0 aliphatic carbocycles. The van der Waals surface area contributed by atoms with Gasteiger partial charge in [0.2, 0.25) is 0 Å². The number of ether oxygens (including phenoxy) is 2. The third-order valence-corrected chi connectivity index (χ3v) is 3.46. The number of fused-ring (bicyclic) bond motifs is 2. The van der Waals surface area contributed by atoms with Crippen LogP contribution in [0.25, 0.3) is 16.6 Å². The Bertz CT molecular complexity index is 795. The minimum atomic E-state index is 0.582. The topological polar surface area (TPSA) is 49.2 Å². The van der Waals surface area contributed by atoms with Crippen molar-refractivity contribution in [2.75, 3.05) is 13.2 Å². The fraction of sp³-hybridized carbons (Fsp3) is 0.200. The van der Waals surface area contributed by atoms with Crippen LogP contribution in [-0.2, 0) is 0 Å². The van der Waals surface area contributed by atoms with Gasteiger partial charge >= 0.3 is 0 Å². The van der Waals surface area contributed by atoms with E-state index in [2.05, 4.69) is 9.97 Å². The van der Waals surface area contributed by atoms with E-state index in [1.807, 2.05) is 35.9 Å². The Balaban J connectivity index is 2.00. The second-order valence-electron chi connectivity index (χ2n) is 4.70. The molecule has 0 atom stereocenters. The number of nitrogens with zero attached hydrogens (tertiary/aromatic N) is 3. The van der Waals surface area contributed by atoms with Gasteiger partial charge in [0.25, 0.3) is 0 Å². The number of imidazole rings is 1. The summed E-state index contributed by atoms with van der Waals surface area (Å²) >= 11 is 0. The Morgan fingerprint density at radius 2 is 1.85 bits per heavy atom. The van der Waals surface area contributed by atoms with Crippen LogP contribution in [0.4, 0.5) is 0 Å². The summed E-state index contributed by atoms with van der Waals surface area (Å²) in [5.41, 5.74) is 0. The van der Waals surface area contributed by atoms with Gasteiger partial charge in [0.15, 0.2) is 11.5 Å². The largest absolute Gasteiger partial charge is 0.486 e. The lowest BCUT2D eigenvalue weighted by atomic mass is 10.1. The molecule has 0 bridgehead atoms. The van der Waals surface area contributed by atoms with Crippen molar-refractivity contribution >= 4 is 10.8 Å². The minimum absolute atomic E-state index is 0.582. The van der Waals surface area contributed by atoms with E-state index < -0.39 is 0 Å². The average molecular weight is 267 g/mol. The van der Waals surface area contributed by atoms with Gasteiger partial charge in [-0.15, -0.1) is 0 Å². The summed E-state index contributed by atoms with van der Waals surface area (Å²) in [6.07, 6.45) is 5.48. The van der Waals surface area contributed by atoms with Crippen molar-refractivity contribution < 1.29 is 9.47 Å². The zero-order valence-corrected chi connectivity index (χ0v) is 11.0. The first-order chi connectivity index (χ1) is 9.83. The third-order valence-electron chi connectivity index (χ3n) is 3.46. The highest BCUT2D eigenvalue weighted by Gasteiger charge is 2.15. The summed E-state index contributed by atoms with van der Waals surface area (Å²) < 4.78 is 13.2. The highest BCUT2D eigenvalue weighted by molar-refractivity contribution is 5.91. The summed E-state index contributed by atoms with van der Waals surface area (Å²) in [5, 5.41) is 2.10. The summed E-state index contributed by atoms with van der Waals surface area (Å²) in [5.74, 6) is 3.33. The first-order valence-electron chi connectivity index (χ1n) is 6.51. The molecule has 0 saturated carbocycles. The molecule has 1 aromatic carbocycles.